The van der Waals surface area contributed by atoms with Crippen LogP contribution in [0.4, 0.5) is 5.69 Å². The molecule has 20 nitrogen and oxygen atoms in total. The van der Waals surface area contributed by atoms with E-state index in [4.69, 9.17) is 30.4 Å². The number of carbonyl (C=O) groups is 4. The fourth-order valence-electron chi connectivity index (χ4n) is 10.1. The number of ether oxygens (including phenoxy) is 4. The largest absolute Gasteiger partial charge is 0.481 e. The van der Waals surface area contributed by atoms with Crippen LogP contribution < -0.4 is 11.5 Å². The van der Waals surface area contributed by atoms with Crippen LogP contribution in [0.3, 0.4) is 0 Å². The number of ketones is 2. The van der Waals surface area contributed by atoms with Gasteiger partial charge >= 0.3 is 11.9 Å². The minimum absolute atomic E-state index is 0.0582. The summed E-state index contributed by atoms with van der Waals surface area (Å²) in [6, 6.07) is 5.30. The number of rotatable bonds is 10. The lowest BCUT2D eigenvalue weighted by Gasteiger charge is -2.45. The second-order valence-corrected chi connectivity index (χ2v) is 21.6. The Balaban J connectivity index is 1.53. The zero-order chi connectivity index (χ0) is 58.4. The molecule has 440 valence electrons. The van der Waals surface area contributed by atoms with E-state index in [2.05, 4.69) is 0 Å². The van der Waals surface area contributed by atoms with Crippen LogP contribution in [-0.4, -0.2) is 166 Å². The minimum atomic E-state index is -2.32. The maximum Gasteiger partial charge on any atom is 0.311 e. The van der Waals surface area contributed by atoms with Gasteiger partial charge in [-0.3, -0.25) is 19.2 Å². The van der Waals surface area contributed by atoms with Gasteiger partial charge in [-0.1, -0.05) is 106 Å². The van der Waals surface area contributed by atoms with Crippen molar-refractivity contribution in [2.45, 2.75) is 196 Å². The van der Waals surface area contributed by atoms with Crippen LogP contribution >= 0.6 is 0 Å². The van der Waals surface area contributed by atoms with E-state index in [1.165, 1.54) is 13.0 Å². The van der Waals surface area contributed by atoms with Gasteiger partial charge in [-0.15, -0.1) is 0 Å². The molecule has 0 radical (unpaired) electrons. The van der Waals surface area contributed by atoms with E-state index in [0.29, 0.717) is 17.7 Å². The number of cyclic esters (lactones) is 1. The lowest BCUT2D eigenvalue weighted by molar-refractivity contribution is -0.308. The van der Waals surface area contributed by atoms with E-state index in [1.807, 2.05) is 32.9 Å². The molecule has 1 aromatic carbocycles. The van der Waals surface area contributed by atoms with Crippen LogP contribution in [0.15, 0.2) is 109 Å². The van der Waals surface area contributed by atoms with Gasteiger partial charge in [0.2, 0.25) is 0 Å². The Kier molecular flexibility index (Phi) is 27.8. The third-order valence-electron chi connectivity index (χ3n) is 14.5. The fraction of sp³-hybridized carbons (Fsp3) is 0.593. The Hall–Kier alpha value is -5.04. The van der Waals surface area contributed by atoms with E-state index >= 15 is 0 Å². The number of aliphatic carboxylic acids is 1. The molecule has 0 spiro atoms. The molecule has 14 N–H and O–H groups in total. The first-order valence-electron chi connectivity index (χ1n) is 27.3. The predicted molar refractivity (Wildman–Crippen MR) is 293 cm³/mol. The zero-order valence-corrected chi connectivity index (χ0v) is 45.7. The van der Waals surface area contributed by atoms with Crippen molar-refractivity contribution in [2.75, 3.05) is 5.73 Å². The van der Waals surface area contributed by atoms with Gasteiger partial charge in [0.15, 0.2) is 17.9 Å². The summed E-state index contributed by atoms with van der Waals surface area (Å²) in [6.45, 7) is 7.13. The first kappa shape index (κ1) is 66.5. The number of nitrogens with two attached hydrogens (primary N) is 2. The molecule has 2 bridgehead atoms. The number of allylic oxidation sites excluding steroid dienone is 12. The number of nitrogen functional groups attached to an aromatic ring is 1. The molecular weight excluding hydrogens is 1020 g/mol. The van der Waals surface area contributed by atoms with Crippen molar-refractivity contribution in [3.63, 3.8) is 0 Å². The zero-order valence-electron chi connectivity index (χ0n) is 45.7. The van der Waals surface area contributed by atoms with Crippen LogP contribution in [0.5, 0.6) is 0 Å². The first-order valence-corrected chi connectivity index (χ1v) is 27.3. The Bertz CT molecular complexity index is 2280. The first-order chi connectivity index (χ1) is 37.4. The number of fused-ring (bicyclic) bond motifs is 2. The monoisotopic (exact) mass is 1110 g/mol. The predicted octanol–water partition coefficient (Wildman–Crippen LogP) is 3.56. The third-order valence-corrected chi connectivity index (χ3v) is 14.5. The molecule has 79 heavy (non-hydrogen) atoms. The highest BCUT2D eigenvalue weighted by Crippen LogP contribution is 2.38. The number of benzene rings is 1. The van der Waals surface area contributed by atoms with Crippen molar-refractivity contribution in [2.24, 2.45) is 29.4 Å². The highest BCUT2D eigenvalue weighted by atomic mass is 16.7. The lowest BCUT2D eigenvalue weighted by Crippen LogP contribution is -2.61. The van der Waals surface area contributed by atoms with Gasteiger partial charge in [0.1, 0.15) is 23.9 Å². The van der Waals surface area contributed by atoms with Gasteiger partial charge in [-0.05, 0) is 75.1 Å². The molecule has 0 aromatic heterocycles. The summed E-state index contributed by atoms with van der Waals surface area (Å²) < 4.78 is 23.8. The maximum absolute atomic E-state index is 13.4. The van der Waals surface area contributed by atoms with Crippen LogP contribution in [0, 0.1) is 23.7 Å². The molecule has 0 aliphatic carbocycles. The van der Waals surface area contributed by atoms with Gasteiger partial charge < -0.3 is 81.5 Å². The highest BCUT2D eigenvalue weighted by molar-refractivity contribution is 5.96. The number of carbonyl (C=O) groups excluding carboxylic acids is 3. The second-order valence-electron chi connectivity index (χ2n) is 21.6. The number of hydrogen-bond donors (Lipinski definition) is 12. The number of aliphatic hydroxyl groups excluding tert-OH is 8. The minimum Gasteiger partial charge on any atom is -0.481 e. The molecule has 0 saturated carbocycles. The van der Waals surface area contributed by atoms with Crippen molar-refractivity contribution in [3.8, 4) is 0 Å². The van der Waals surface area contributed by atoms with E-state index in [1.54, 1.807) is 91.1 Å². The Morgan fingerprint density at radius 2 is 1.34 bits per heavy atom. The van der Waals surface area contributed by atoms with Gasteiger partial charge in [0.05, 0.1) is 73.5 Å². The standard InChI is InChI=1S/C59H86N2O18/c1-35-18-15-13-11-9-7-5-6-8-10-12-14-16-21-46(77-58-55(72)53(61)54(71)38(4)76-58)31-50-52(57(73)74)49(69)34-59(75,79-50)33-45(66)29-44(65)28-43(64)27-41(62)19-17-20-42(63)30-51(70)78-56(35)37(3)26-36(2)47(67)32-48(68)39-22-24-40(60)25-23-39/h5-16,18,21-25,35-38,42-47,49-50,52-56,58,63-67,69,71-72,75H,17,19-20,26-34,60-61H2,1-4H3,(H,73,74)/b6-5-,9-7+,10-8-,13-11+,14-12+,18-15+,21-16+/t35-,36-,37-,38+,42?,43-,44-,45-,46-,47-,49-,50?,52+,53-,54+,55-,56-,58-,59+/m0/s1. The van der Waals surface area contributed by atoms with Crippen molar-refractivity contribution in [1.29, 1.82) is 0 Å². The average molecular weight is 1110 g/mol. The van der Waals surface area contributed by atoms with Crippen molar-refractivity contribution < 1.29 is 89.2 Å². The number of carboxylic acids is 1. The van der Waals surface area contributed by atoms with Gasteiger partial charge in [0.25, 0.3) is 0 Å². The quantitative estimate of drug-likeness (QED) is 0.0905. The summed E-state index contributed by atoms with van der Waals surface area (Å²) >= 11 is 0. The normalized spacial score (nSPS) is 37.9. The molecular formula is C59H86N2O18. The molecule has 3 aliphatic heterocycles. The highest BCUT2D eigenvalue weighted by Gasteiger charge is 2.51. The lowest BCUT2D eigenvalue weighted by atomic mass is 9.82. The number of carboxylic acid groups (broad SMARTS) is 1. The number of Topliss-reactive ketones (excluding diaryl/α,β-unsaturated/α-hetero) is 2. The number of anilines is 1. The van der Waals surface area contributed by atoms with Crippen LogP contribution in [0.2, 0.25) is 0 Å². The fourth-order valence-corrected chi connectivity index (χ4v) is 10.1. The number of esters is 1. The van der Waals surface area contributed by atoms with Crippen LogP contribution in [0.1, 0.15) is 115 Å². The van der Waals surface area contributed by atoms with E-state index in [0.717, 1.165) is 0 Å². The molecule has 1 aromatic rings. The molecule has 20 heteroatoms. The summed E-state index contributed by atoms with van der Waals surface area (Å²) in [5.41, 5.74) is 12.8. The van der Waals surface area contributed by atoms with Crippen LogP contribution in [0.25, 0.3) is 0 Å². The molecule has 2 unspecified atom stereocenters. The van der Waals surface area contributed by atoms with Gasteiger partial charge in [-0.25, -0.2) is 0 Å². The second kappa shape index (κ2) is 33.0. The summed E-state index contributed by atoms with van der Waals surface area (Å²) in [7, 11) is 0. The van der Waals surface area contributed by atoms with Crippen molar-refractivity contribution >= 4 is 29.2 Å². The smallest absolute Gasteiger partial charge is 0.311 e. The molecule has 2 fully saturated rings. The Morgan fingerprint density at radius 3 is 1.95 bits per heavy atom. The molecule has 3 heterocycles. The maximum atomic E-state index is 13.4. The Labute approximate surface area is 463 Å². The number of aliphatic hydroxyl groups is 9. The molecule has 2 saturated heterocycles. The molecule has 0 amide bonds. The molecule has 19 atom stereocenters. The molecule has 4 rings (SSSR count). The summed E-state index contributed by atoms with van der Waals surface area (Å²) in [5.74, 6) is -7.63. The third kappa shape index (κ3) is 22.8. The van der Waals surface area contributed by atoms with Crippen molar-refractivity contribution in [3.05, 3.63) is 115 Å². The van der Waals surface area contributed by atoms with Gasteiger partial charge in [0, 0.05) is 55.7 Å². The SMILES string of the molecule is C[C@H]1/C=C/C=C/C=C/C=C\C=C/C=C/C=C/[C@H](O[C@@H]2O[C@H](C)[C@@H](O)[C@H](N)[C@@H]2O)CC2O[C@](O)(C[C@@H](O)C[C@@H](O)C[C@@H](O)CC(=O)CCCC(O)CC(=O)O[C@@H]1[C@@H](C)C[C@H](C)[C@@H](O)CC(=O)c1ccc(N)cc1)C[C@H](O)[C@H]2C(=O)O. The average Bonchev–Trinajstić information content (AvgIpc) is 3.40. The topological polar surface area (TPSA) is 360 Å². The number of hydrogen-bond acceptors (Lipinski definition) is 19. The van der Waals surface area contributed by atoms with E-state index in [9.17, 15) is 70.2 Å². The van der Waals surface area contributed by atoms with E-state index in [-0.39, 0.29) is 80.7 Å². The van der Waals surface area contributed by atoms with Crippen LogP contribution in [-0.2, 0) is 33.3 Å². The summed E-state index contributed by atoms with van der Waals surface area (Å²) in [6.07, 6.45) is 5.48. The molecule has 3 aliphatic rings. The Morgan fingerprint density at radius 1 is 0.759 bits per heavy atom. The van der Waals surface area contributed by atoms with Crippen molar-refractivity contribution in [1.82, 2.24) is 0 Å². The summed E-state index contributed by atoms with van der Waals surface area (Å²) in [4.78, 5) is 51.7. The van der Waals surface area contributed by atoms with Gasteiger partial charge in [-0.2, -0.15) is 0 Å². The van der Waals surface area contributed by atoms with E-state index < -0.39 is 128 Å². The summed E-state index contributed by atoms with van der Waals surface area (Å²) in [5, 5.41) is 109.